The SMILES string of the molecule is Cc1ccsc1C1CCNCC1C. The van der Waals surface area contributed by atoms with E-state index >= 15 is 0 Å². The molecule has 2 rings (SSSR count). The molecule has 2 heteroatoms. The number of nitrogens with one attached hydrogen (secondary N) is 1. The summed E-state index contributed by atoms with van der Waals surface area (Å²) < 4.78 is 0. The summed E-state index contributed by atoms with van der Waals surface area (Å²) in [6.45, 7) is 6.96. The van der Waals surface area contributed by atoms with E-state index in [0.717, 1.165) is 11.8 Å². The first-order valence-electron chi connectivity index (χ1n) is 5.03. The van der Waals surface area contributed by atoms with Crippen LogP contribution in [0, 0.1) is 12.8 Å². The molecule has 2 atom stereocenters. The third-order valence-corrected chi connectivity index (χ3v) is 4.17. The molecule has 13 heavy (non-hydrogen) atoms. The van der Waals surface area contributed by atoms with Gasteiger partial charge in [0.25, 0.3) is 0 Å². The third kappa shape index (κ3) is 1.79. The second-order valence-electron chi connectivity index (χ2n) is 4.04. The van der Waals surface area contributed by atoms with E-state index in [1.807, 2.05) is 11.3 Å². The zero-order valence-electron chi connectivity index (χ0n) is 8.34. The van der Waals surface area contributed by atoms with Gasteiger partial charge >= 0.3 is 0 Å². The van der Waals surface area contributed by atoms with Crippen LogP contribution in [0.15, 0.2) is 11.4 Å². The van der Waals surface area contributed by atoms with Gasteiger partial charge in [0.2, 0.25) is 0 Å². The molecule has 1 aliphatic rings. The molecule has 0 spiro atoms. The van der Waals surface area contributed by atoms with Crippen LogP contribution in [0.1, 0.15) is 29.7 Å². The van der Waals surface area contributed by atoms with Gasteiger partial charge in [-0.15, -0.1) is 11.3 Å². The van der Waals surface area contributed by atoms with Gasteiger partial charge in [-0.05, 0) is 55.3 Å². The van der Waals surface area contributed by atoms with Crippen molar-refractivity contribution in [1.29, 1.82) is 0 Å². The number of thiophene rings is 1. The van der Waals surface area contributed by atoms with Gasteiger partial charge in [0, 0.05) is 4.88 Å². The van der Waals surface area contributed by atoms with E-state index in [2.05, 4.69) is 30.6 Å². The molecule has 2 heterocycles. The summed E-state index contributed by atoms with van der Waals surface area (Å²) in [7, 11) is 0. The standard InChI is InChI=1S/C11H17NS/c1-8-4-6-13-11(8)10-3-5-12-7-9(10)2/h4,6,9-10,12H,3,5,7H2,1-2H3. The molecule has 0 aliphatic carbocycles. The fraction of sp³-hybridized carbons (Fsp3) is 0.636. The fourth-order valence-electron chi connectivity index (χ4n) is 2.17. The largest absolute Gasteiger partial charge is 0.316 e. The molecule has 1 fully saturated rings. The fourth-order valence-corrected chi connectivity index (χ4v) is 3.37. The van der Waals surface area contributed by atoms with Crippen LogP contribution < -0.4 is 5.32 Å². The first-order valence-corrected chi connectivity index (χ1v) is 5.91. The van der Waals surface area contributed by atoms with Crippen LogP contribution in [0.4, 0.5) is 0 Å². The van der Waals surface area contributed by atoms with Gasteiger partial charge in [0.15, 0.2) is 0 Å². The van der Waals surface area contributed by atoms with Crippen LogP contribution in [0.5, 0.6) is 0 Å². The van der Waals surface area contributed by atoms with Gasteiger partial charge in [-0.25, -0.2) is 0 Å². The minimum atomic E-state index is 0.797. The van der Waals surface area contributed by atoms with Gasteiger partial charge in [-0.3, -0.25) is 0 Å². The first kappa shape index (κ1) is 9.22. The van der Waals surface area contributed by atoms with Crippen molar-refractivity contribution in [3.05, 3.63) is 21.9 Å². The molecular weight excluding hydrogens is 178 g/mol. The summed E-state index contributed by atoms with van der Waals surface area (Å²) in [6.07, 6.45) is 1.31. The maximum Gasteiger partial charge on any atom is 0.0109 e. The van der Waals surface area contributed by atoms with Crippen LogP contribution in [0.2, 0.25) is 0 Å². The predicted octanol–water partition coefficient (Wildman–Crippen LogP) is 2.77. The highest BCUT2D eigenvalue weighted by Crippen LogP contribution is 2.35. The Labute approximate surface area is 84.2 Å². The molecule has 1 aromatic rings. The Bertz CT molecular complexity index is 279. The first-order chi connectivity index (χ1) is 6.29. The number of piperidine rings is 1. The Kier molecular flexibility index (Phi) is 2.70. The number of rotatable bonds is 1. The van der Waals surface area contributed by atoms with Gasteiger partial charge in [-0.1, -0.05) is 6.92 Å². The van der Waals surface area contributed by atoms with Crippen molar-refractivity contribution in [3.8, 4) is 0 Å². The lowest BCUT2D eigenvalue weighted by Gasteiger charge is -2.29. The Morgan fingerprint density at radius 3 is 3.00 bits per heavy atom. The Morgan fingerprint density at radius 1 is 1.54 bits per heavy atom. The monoisotopic (exact) mass is 195 g/mol. The highest BCUT2D eigenvalue weighted by atomic mass is 32.1. The molecule has 0 aromatic carbocycles. The maximum absolute atomic E-state index is 3.45. The van der Waals surface area contributed by atoms with Crippen molar-refractivity contribution in [2.75, 3.05) is 13.1 Å². The number of hydrogen-bond acceptors (Lipinski definition) is 2. The quantitative estimate of drug-likeness (QED) is 0.726. The van der Waals surface area contributed by atoms with Crippen molar-refractivity contribution < 1.29 is 0 Å². The van der Waals surface area contributed by atoms with E-state index in [1.54, 1.807) is 4.88 Å². The number of aryl methyl sites for hydroxylation is 1. The van der Waals surface area contributed by atoms with Crippen LogP contribution >= 0.6 is 11.3 Å². The normalized spacial score (nSPS) is 29.1. The van der Waals surface area contributed by atoms with E-state index in [4.69, 9.17) is 0 Å². The predicted molar refractivity (Wildman–Crippen MR) is 58.4 cm³/mol. The van der Waals surface area contributed by atoms with Crippen LogP contribution in [0.25, 0.3) is 0 Å². The van der Waals surface area contributed by atoms with E-state index in [0.29, 0.717) is 0 Å². The Balaban J connectivity index is 2.19. The average Bonchev–Trinajstić information content (AvgIpc) is 2.52. The molecule has 1 saturated heterocycles. The molecule has 1 aliphatic heterocycles. The van der Waals surface area contributed by atoms with Gasteiger partial charge < -0.3 is 5.32 Å². The minimum absolute atomic E-state index is 0.797. The molecule has 1 N–H and O–H groups in total. The van der Waals surface area contributed by atoms with Crippen molar-refractivity contribution in [2.24, 2.45) is 5.92 Å². The average molecular weight is 195 g/mol. The third-order valence-electron chi connectivity index (χ3n) is 3.02. The number of hydrogen-bond donors (Lipinski definition) is 1. The lowest BCUT2D eigenvalue weighted by Crippen LogP contribution is -2.33. The lowest BCUT2D eigenvalue weighted by atomic mass is 9.85. The molecule has 0 bridgehead atoms. The van der Waals surface area contributed by atoms with Gasteiger partial charge in [0.1, 0.15) is 0 Å². The van der Waals surface area contributed by atoms with E-state index in [-0.39, 0.29) is 0 Å². The van der Waals surface area contributed by atoms with Gasteiger partial charge in [0.05, 0.1) is 0 Å². The van der Waals surface area contributed by atoms with Crippen molar-refractivity contribution in [1.82, 2.24) is 5.32 Å². The second kappa shape index (κ2) is 3.81. The zero-order valence-corrected chi connectivity index (χ0v) is 9.16. The molecular formula is C11H17NS. The molecule has 0 saturated carbocycles. The van der Waals surface area contributed by atoms with Crippen molar-refractivity contribution in [3.63, 3.8) is 0 Å². The highest BCUT2D eigenvalue weighted by molar-refractivity contribution is 7.10. The molecule has 1 nitrogen and oxygen atoms in total. The zero-order chi connectivity index (χ0) is 9.26. The van der Waals surface area contributed by atoms with E-state index in [1.165, 1.54) is 25.1 Å². The van der Waals surface area contributed by atoms with E-state index < -0.39 is 0 Å². The maximum atomic E-state index is 3.45. The molecule has 0 amide bonds. The Hall–Kier alpha value is -0.340. The molecule has 2 unspecified atom stereocenters. The van der Waals surface area contributed by atoms with Crippen molar-refractivity contribution in [2.45, 2.75) is 26.2 Å². The molecule has 72 valence electrons. The summed E-state index contributed by atoms with van der Waals surface area (Å²) in [4.78, 5) is 1.62. The minimum Gasteiger partial charge on any atom is -0.316 e. The summed E-state index contributed by atoms with van der Waals surface area (Å²) in [5.74, 6) is 1.60. The van der Waals surface area contributed by atoms with Gasteiger partial charge in [-0.2, -0.15) is 0 Å². The summed E-state index contributed by atoms with van der Waals surface area (Å²) in [5, 5.41) is 5.67. The smallest absolute Gasteiger partial charge is 0.0109 e. The molecule has 0 radical (unpaired) electrons. The summed E-state index contributed by atoms with van der Waals surface area (Å²) in [5.41, 5.74) is 1.49. The highest BCUT2D eigenvalue weighted by Gasteiger charge is 2.24. The summed E-state index contributed by atoms with van der Waals surface area (Å²) >= 11 is 1.93. The molecule has 1 aromatic heterocycles. The lowest BCUT2D eigenvalue weighted by molar-refractivity contribution is 0.352. The summed E-state index contributed by atoms with van der Waals surface area (Å²) in [6, 6.07) is 2.24. The van der Waals surface area contributed by atoms with Crippen LogP contribution in [-0.2, 0) is 0 Å². The van der Waals surface area contributed by atoms with Crippen LogP contribution in [0.3, 0.4) is 0 Å². The second-order valence-corrected chi connectivity index (χ2v) is 4.99. The van der Waals surface area contributed by atoms with E-state index in [9.17, 15) is 0 Å². The topological polar surface area (TPSA) is 12.0 Å². The van der Waals surface area contributed by atoms with Crippen molar-refractivity contribution >= 4 is 11.3 Å². The van der Waals surface area contributed by atoms with Crippen LogP contribution in [-0.4, -0.2) is 13.1 Å². The Morgan fingerprint density at radius 2 is 2.38 bits per heavy atom.